The summed E-state index contributed by atoms with van der Waals surface area (Å²) in [4.78, 5) is 23.9. The third-order valence-corrected chi connectivity index (χ3v) is 4.09. The van der Waals surface area contributed by atoms with Crippen molar-refractivity contribution in [2.45, 2.75) is 25.3 Å². The number of piperidine rings is 1. The van der Waals surface area contributed by atoms with Crippen molar-refractivity contribution < 1.29 is 18.4 Å². The molecule has 1 atom stereocenters. The minimum absolute atomic E-state index is 0.0330. The number of benzene rings is 1. The second kappa shape index (κ2) is 7.00. The zero-order valence-corrected chi connectivity index (χ0v) is 13.7. The molecule has 3 rings (SSSR count). The van der Waals surface area contributed by atoms with E-state index in [1.165, 1.54) is 10.9 Å². The average molecular weight is 348 g/mol. The van der Waals surface area contributed by atoms with Crippen LogP contribution in [0.1, 0.15) is 29.6 Å². The Morgan fingerprint density at radius 3 is 3.00 bits per heavy atom. The van der Waals surface area contributed by atoms with Gasteiger partial charge in [-0.25, -0.2) is 8.78 Å². The SMILES string of the molecule is Cn1cc(C(=O)NC[C@H]2CCCC(=O)N2)c(-c2cc(F)ccc2F)n1. The minimum Gasteiger partial charge on any atom is -0.352 e. The lowest BCUT2D eigenvalue weighted by molar-refractivity contribution is -0.123. The molecule has 0 bridgehead atoms. The zero-order valence-electron chi connectivity index (χ0n) is 13.7. The van der Waals surface area contributed by atoms with Crippen LogP contribution in [0.5, 0.6) is 0 Å². The van der Waals surface area contributed by atoms with E-state index in [2.05, 4.69) is 15.7 Å². The molecular weight excluding hydrogens is 330 g/mol. The van der Waals surface area contributed by atoms with Crippen molar-refractivity contribution >= 4 is 11.8 Å². The first-order valence-electron chi connectivity index (χ1n) is 8.00. The van der Waals surface area contributed by atoms with Gasteiger partial charge in [-0.1, -0.05) is 0 Å². The van der Waals surface area contributed by atoms with Crippen LogP contribution in [0.4, 0.5) is 8.78 Å². The summed E-state index contributed by atoms with van der Waals surface area (Å²) in [6.45, 7) is 0.268. The Morgan fingerprint density at radius 1 is 1.44 bits per heavy atom. The van der Waals surface area contributed by atoms with Crippen LogP contribution in [0.25, 0.3) is 11.3 Å². The molecule has 0 aliphatic carbocycles. The highest BCUT2D eigenvalue weighted by Gasteiger charge is 2.22. The number of aromatic nitrogens is 2. The maximum atomic E-state index is 14.0. The number of carbonyl (C=O) groups is 2. The zero-order chi connectivity index (χ0) is 18.0. The van der Waals surface area contributed by atoms with Crippen LogP contribution in [-0.4, -0.2) is 34.2 Å². The van der Waals surface area contributed by atoms with Crippen LogP contribution in [0.3, 0.4) is 0 Å². The van der Waals surface area contributed by atoms with Gasteiger partial charge in [-0.05, 0) is 31.0 Å². The Morgan fingerprint density at radius 2 is 2.24 bits per heavy atom. The van der Waals surface area contributed by atoms with E-state index in [4.69, 9.17) is 0 Å². The molecule has 2 aromatic rings. The summed E-state index contributed by atoms with van der Waals surface area (Å²) in [6.07, 6.45) is 3.51. The molecule has 132 valence electrons. The second-order valence-electron chi connectivity index (χ2n) is 6.06. The van der Waals surface area contributed by atoms with Crippen molar-refractivity contribution in [3.63, 3.8) is 0 Å². The van der Waals surface area contributed by atoms with Crippen molar-refractivity contribution in [1.82, 2.24) is 20.4 Å². The number of rotatable bonds is 4. The third kappa shape index (κ3) is 3.84. The van der Waals surface area contributed by atoms with E-state index in [9.17, 15) is 18.4 Å². The summed E-state index contributed by atoms with van der Waals surface area (Å²) >= 11 is 0. The number of halogens is 2. The Bertz CT molecular complexity index is 819. The lowest BCUT2D eigenvalue weighted by atomic mass is 10.0. The molecule has 1 aromatic carbocycles. The number of hydrogen-bond acceptors (Lipinski definition) is 3. The molecule has 2 amide bonds. The van der Waals surface area contributed by atoms with Gasteiger partial charge in [-0.15, -0.1) is 0 Å². The van der Waals surface area contributed by atoms with E-state index in [1.54, 1.807) is 7.05 Å². The van der Waals surface area contributed by atoms with Gasteiger partial charge < -0.3 is 10.6 Å². The Labute approximate surface area is 143 Å². The lowest BCUT2D eigenvalue weighted by Crippen LogP contribution is -2.46. The molecule has 8 heteroatoms. The van der Waals surface area contributed by atoms with Gasteiger partial charge in [0.2, 0.25) is 5.91 Å². The molecule has 0 saturated carbocycles. The topological polar surface area (TPSA) is 76.0 Å². The smallest absolute Gasteiger partial charge is 0.255 e. The van der Waals surface area contributed by atoms with E-state index in [1.807, 2.05) is 0 Å². The predicted octanol–water partition coefficient (Wildman–Crippen LogP) is 1.76. The normalized spacial score (nSPS) is 17.2. The maximum Gasteiger partial charge on any atom is 0.255 e. The molecule has 1 aromatic heterocycles. The fraction of sp³-hybridized carbons (Fsp3) is 0.353. The van der Waals surface area contributed by atoms with Crippen LogP contribution >= 0.6 is 0 Å². The molecule has 1 saturated heterocycles. The molecule has 0 spiro atoms. The number of nitrogens with zero attached hydrogens (tertiary/aromatic N) is 2. The molecular formula is C17H18F2N4O2. The summed E-state index contributed by atoms with van der Waals surface area (Å²) < 4.78 is 28.9. The lowest BCUT2D eigenvalue weighted by Gasteiger charge is -2.23. The molecule has 25 heavy (non-hydrogen) atoms. The van der Waals surface area contributed by atoms with Gasteiger partial charge in [0.1, 0.15) is 17.3 Å². The van der Waals surface area contributed by atoms with E-state index in [0.717, 1.165) is 31.0 Å². The van der Waals surface area contributed by atoms with Crippen molar-refractivity contribution in [3.05, 3.63) is 41.6 Å². The summed E-state index contributed by atoms with van der Waals surface area (Å²) in [5.74, 6) is -1.76. The number of nitrogens with one attached hydrogen (secondary N) is 2. The quantitative estimate of drug-likeness (QED) is 0.884. The Kier molecular flexibility index (Phi) is 4.78. The van der Waals surface area contributed by atoms with Gasteiger partial charge in [0, 0.05) is 37.8 Å². The first-order valence-corrected chi connectivity index (χ1v) is 8.00. The first kappa shape index (κ1) is 17.1. The summed E-state index contributed by atoms with van der Waals surface area (Å²) in [5.41, 5.74) is 0.149. The number of carbonyl (C=O) groups excluding carboxylic acids is 2. The van der Waals surface area contributed by atoms with E-state index in [-0.39, 0.29) is 35.3 Å². The highest BCUT2D eigenvalue weighted by Crippen LogP contribution is 2.25. The fourth-order valence-corrected chi connectivity index (χ4v) is 2.88. The third-order valence-electron chi connectivity index (χ3n) is 4.09. The van der Waals surface area contributed by atoms with Gasteiger partial charge >= 0.3 is 0 Å². The van der Waals surface area contributed by atoms with Gasteiger partial charge in [0.25, 0.3) is 5.91 Å². The van der Waals surface area contributed by atoms with Crippen LogP contribution in [0.15, 0.2) is 24.4 Å². The van der Waals surface area contributed by atoms with E-state index < -0.39 is 17.5 Å². The summed E-state index contributed by atoms with van der Waals surface area (Å²) in [5, 5.41) is 9.62. The first-order chi connectivity index (χ1) is 11.9. The molecule has 2 heterocycles. The molecule has 1 aliphatic rings. The summed E-state index contributed by atoms with van der Waals surface area (Å²) in [6, 6.07) is 2.89. The van der Waals surface area contributed by atoms with Crippen molar-refractivity contribution in [2.24, 2.45) is 7.05 Å². The number of amides is 2. The number of aryl methyl sites for hydroxylation is 1. The monoisotopic (exact) mass is 348 g/mol. The predicted molar refractivity (Wildman–Crippen MR) is 86.7 cm³/mol. The van der Waals surface area contributed by atoms with Gasteiger partial charge in [-0.3, -0.25) is 14.3 Å². The minimum atomic E-state index is -0.659. The van der Waals surface area contributed by atoms with E-state index >= 15 is 0 Å². The van der Waals surface area contributed by atoms with Crippen LogP contribution in [0.2, 0.25) is 0 Å². The van der Waals surface area contributed by atoms with E-state index in [0.29, 0.717) is 6.42 Å². The fourth-order valence-electron chi connectivity index (χ4n) is 2.88. The van der Waals surface area contributed by atoms with Gasteiger partial charge in [0.15, 0.2) is 0 Å². The molecule has 1 fully saturated rings. The Balaban J connectivity index is 1.79. The van der Waals surface area contributed by atoms with Crippen molar-refractivity contribution in [3.8, 4) is 11.3 Å². The summed E-state index contributed by atoms with van der Waals surface area (Å²) in [7, 11) is 1.60. The van der Waals surface area contributed by atoms with Crippen molar-refractivity contribution in [1.29, 1.82) is 0 Å². The average Bonchev–Trinajstić information content (AvgIpc) is 2.96. The van der Waals surface area contributed by atoms with Gasteiger partial charge in [0.05, 0.1) is 5.56 Å². The highest BCUT2D eigenvalue weighted by atomic mass is 19.1. The van der Waals surface area contributed by atoms with Crippen LogP contribution < -0.4 is 10.6 Å². The largest absolute Gasteiger partial charge is 0.352 e. The highest BCUT2D eigenvalue weighted by molar-refractivity contribution is 5.99. The molecule has 0 radical (unpaired) electrons. The van der Waals surface area contributed by atoms with Gasteiger partial charge in [-0.2, -0.15) is 5.10 Å². The Hall–Kier alpha value is -2.77. The van der Waals surface area contributed by atoms with Crippen LogP contribution in [-0.2, 0) is 11.8 Å². The van der Waals surface area contributed by atoms with Crippen LogP contribution in [0, 0.1) is 11.6 Å². The maximum absolute atomic E-state index is 14.0. The standard InChI is InChI=1S/C17H18F2N4O2/c1-23-9-13(16(22-23)12-7-10(18)5-6-14(12)19)17(25)20-8-11-3-2-4-15(24)21-11/h5-7,9,11H,2-4,8H2,1H3,(H,20,25)(H,21,24)/t11-/m1/s1. The van der Waals surface area contributed by atoms with Crippen molar-refractivity contribution in [2.75, 3.05) is 6.54 Å². The molecule has 6 nitrogen and oxygen atoms in total. The molecule has 0 unspecified atom stereocenters. The number of hydrogen-bond donors (Lipinski definition) is 2. The molecule has 1 aliphatic heterocycles. The second-order valence-corrected chi connectivity index (χ2v) is 6.06. The molecule has 2 N–H and O–H groups in total.